The molecule has 0 amide bonds. The maximum Gasteiger partial charge on any atom is 0.294 e. The van der Waals surface area contributed by atoms with E-state index in [-0.39, 0.29) is 22.1 Å². The van der Waals surface area contributed by atoms with Crippen molar-refractivity contribution >= 4 is 28.1 Å². The van der Waals surface area contributed by atoms with Gasteiger partial charge in [0.15, 0.2) is 5.17 Å². The molecule has 0 fully saturated rings. The number of nitro benzene ring substituents is 1. The zero-order valence-electron chi connectivity index (χ0n) is 10.1. The van der Waals surface area contributed by atoms with Gasteiger partial charge < -0.3 is 0 Å². The summed E-state index contributed by atoms with van der Waals surface area (Å²) in [5, 5.41) is 14.4. The fourth-order valence-corrected chi connectivity index (χ4v) is 1.72. The first-order chi connectivity index (χ1) is 9.59. The monoisotopic (exact) mass is 293 g/mol. The molecule has 2 aromatic carbocycles. The van der Waals surface area contributed by atoms with Crippen LogP contribution in [-0.2, 0) is 0 Å². The average Bonchev–Trinajstić information content (AvgIpc) is 2.45. The lowest BCUT2D eigenvalue weighted by Gasteiger charge is -2.03. The van der Waals surface area contributed by atoms with E-state index in [0.717, 1.165) is 0 Å². The van der Waals surface area contributed by atoms with Crippen LogP contribution in [0.4, 0.5) is 15.8 Å². The summed E-state index contributed by atoms with van der Waals surface area (Å²) < 4.78 is 13.5. The average molecular weight is 294 g/mol. The summed E-state index contributed by atoms with van der Waals surface area (Å²) in [7, 11) is 0. The van der Waals surface area contributed by atoms with E-state index in [2.05, 4.69) is 10.5 Å². The zero-order valence-corrected chi connectivity index (χ0v) is 10.8. The Kier molecular flexibility index (Phi) is 4.27. The number of anilines is 1. The van der Waals surface area contributed by atoms with Crippen molar-refractivity contribution in [1.82, 2.24) is 0 Å². The molecule has 0 aliphatic carbocycles. The zero-order chi connectivity index (χ0) is 14.5. The number of nitro groups is 1. The highest BCUT2D eigenvalue weighted by Gasteiger charge is 2.12. The van der Waals surface area contributed by atoms with Crippen LogP contribution in [0.1, 0.15) is 5.56 Å². The molecular formula is C13H9ClFN3O2. The van der Waals surface area contributed by atoms with Crippen LogP contribution < -0.4 is 5.43 Å². The lowest BCUT2D eigenvalue weighted by molar-refractivity contribution is -0.384. The molecule has 0 saturated carbocycles. The predicted molar refractivity (Wildman–Crippen MR) is 75.5 cm³/mol. The topological polar surface area (TPSA) is 67.5 Å². The van der Waals surface area contributed by atoms with Gasteiger partial charge in [-0.15, -0.1) is 0 Å². The number of nitrogens with one attached hydrogen (secondary N) is 1. The summed E-state index contributed by atoms with van der Waals surface area (Å²) in [6.45, 7) is 0. The fourth-order valence-electron chi connectivity index (χ4n) is 1.53. The number of rotatable bonds is 4. The number of hydrazone groups is 1. The quantitative estimate of drug-likeness (QED) is 0.530. The predicted octanol–water partition coefficient (Wildman–Crippen LogP) is 3.75. The van der Waals surface area contributed by atoms with Crippen LogP contribution in [0.2, 0.25) is 0 Å². The maximum absolute atomic E-state index is 13.5. The molecule has 1 N–H and O–H groups in total. The van der Waals surface area contributed by atoms with E-state index < -0.39 is 10.7 Å². The third kappa shape index (κ3) is 3.10. The molecule has 0 atom stereocenters. The lowest BCUT2D eigenvalue weighted by atomic mass is 10.2. The SMILES string of the molecule is O=[N+]([O-])c1ccccc1N/N=C(/Cl)c1ccccc1F. The van der Waals surface area contributed by atoms with Gasteiger partial charge in [0.05, 0.1) is 4.92 Å². The third-order valence-electron chi connectivity index (χ3n) is 2.47. The van der Waals surface area contributed by atoms with Gasteiger partial charge in [-0.05, 0) is 18.2 Å². The van der Waals surface area contributed by atoms with Crippen molar-refractivity contribution in [3.8, 4) is 0 Å². The van der Waals surface area contributed by atoms with Gasteiger partial charge in [-0.1, -0.05) is 35.9 Å². The van der Waals surface area contributed by atoms with E-state index in [9.17, 15) is 14.5 Å². The molecule has 0 saturated heterocycles. The molecule has 5 nitrogen and oxygen atoms in total. The normalized spacial score (nSPS) is 11.2. The molecule has 0 radical (unpaired) electrons. The van der Waals surface area contributed by atoms with Crippen LogP contribution in [0.3, 0.4) is 0 Å². The van der Waals surface area contributed by atoms with Crippen molar-refractivity contribution in [1.29, 1.82) is 0 Å². The molecular weight excluding hydrogens is 285 g/mol. The van der Waals surface area contributed by atoms with Gasteiger partial charge in [0.25, 0.3) is 5.69 Å². The number of halogens is 2. The molecule has 0 spiro atoms. The van der Waals surface area contributed by atoms with Crippen LogP contribution in [0, 0.1) is 15.9 Å². The van der Waals surface area contributed by atoms with Gasteiger partial charge in [-0.3, -0.25) is 15.5 Å². The lowest BCUT2D eigenvalue weighted by Crippen LogP contribution is -2.01. The minimum Gasteiger partial charge on any atom is -0.270 e. The molecule has 2 rings (SSSR count). The Labute approximate surface area is 118 Å². The molecule has 0 aliphatic rings. The fraction of sp³-hybridized carbons (Fsp3) is 0. The first-order valence-corrected chi connectivity index (χ1v) is 5.95. The van der Waals surface area contributed by atoms with Crippen molar-refractivity contribution < 1.29 is 9.31 Å². The summed E-state index contributed by atoms with van der Waals surface area (Å²) in [5.74, 6) is -0.523. The minimum absolute atomic E-state index is 0.111. The van der Waals surface area contributed by atoms with Crippen LogP contribution in [-0.4, -0.2) is 10.1 Å². The van der Waals surface area contributed by atoms with Gasteiger partial charge in [0.2, 0.25) is 0 Å². The Morgan fingerprint density at radius 2 is 1.85 bits per heavy atom. The number of para-hydroxylation sites is 2. The maximum atomic E-state index is 13.5. The molecule has 102 valence electrons. The first kappa shape index (κ1) is 14.0. The highest BCUT2D eigenvalue weighted by atomic mass is 35.5. The van der Waals surface area contributed by atoms with Crippen molar-refractivity contribution in [2.45, 2.75) is 0 Å². The van der Waals surface area contributed by atoms with Gasteiger partial charge in [0.1, 0.15) is 11.5 Å². The highest BCUT2D eigenvalue weighted by molar-refractivity contribution is 6.69. The molecule has 0 aliphatic heterocycles. The van der Waals surface area contributed by atoms with E-state index in [1.54, 1.807) is 12.1 Å². The van der Waals surface area contributed by atoms with E-state index in [4.69, 9.17) is 11.6 Å². The number of nitrogens with zero attached hydrogens (tertiary/aromatic N) is 2. The third-order valence-corrected chi connectivity index (χ3v) is 2.76. The summed E-state index contributed by atoms with van der Waals surface area (Å²) in [6, 6.07) is 11.8. The Balaban J connectivity index is 2.26. The molecule has 0 heterocycles. The van der Waals surface area contributed by atoms with Gasteiger partial charge in [0, 0.05) is 11.6 Å². The van der Waals surface area contributed by atoms with Crippen molar-refractivity contribution in [3.63, 3.8) is 0 Å². The number of hydrogen-bond donors (Lipinski definition) is 1. The Morgan fingerprint density at radius 1 is 1.20 bits per heavy atom. The highest BCUT2D eigenvalue weighted by Crippen LogP contribution is 2.23. The summed E-state index contributed by atoms with van der Waals surface area (Å²) in [4.78, 5) is 10.3. The van der Waals surface area contributed by atoms with E-state index in [1.807, 2.05) is 0 Å². The largest absolute Gasteiger partial charge is 0.294 e. The second-order valence-corrected chi connectivity index (χ2v) is 4.13. The van der Waals surface area contributed by atoms with Crippen molar-refractivity contribution in [2.75, 3.05) is 5.43 Å². The van der Waals surface area contributed by atoms with Crippen LogP contribution in [0.15, 0.2) is 53.6 Å². The molecule has 0 bridgehead atoms. The van der Waals surface area contributed by atoms with E-state index in [0.29, 0.717) is 0 Å². The van der Waals surface area contributed by atoms with Crippen molar-refractivity contribution in [3.05, 3.63) is 70.0 Å². The van der Waals surface area contributed by atoms with E-state index in [1.165, 1.54) is 36.4 Å². The minimum atomic E-state index is -0.547. The molecule has 0 unspecified atom stereocenters. The Morgan fingerprint density at radius 3 is 2.55 bits per heavy atom. The van der Waals surface area contributed by atoms with Crippen LogP contribution in [0.25, 0.3) is 0 Å². The smallest absolute Gasteiger partial charge is 0.270 e. The molecule has 2 aromatic rings. The second-order valence-electron chi connectivity index (χ2n) is 3.77. The summed E-state index contributed by atoms with van der Waals surface area (Å²) in [6.07, 6.45) is 0. The molecule has 0 aromatic heterocycles. The summed E-state index contributed by atoms with van der Waals surface area (Å²) in [5.41, 5.74) is 2.61. The summed E-state index contributed by atoms with van der Waals surface area (Å²) >= 11 is 5.87. The van der Waals surface area contributed by atoms with Gasteiger partial charge >= 0.3 is 0 Å². The number of hydrogen-bond acceptors (Lipinski definition) is 4. The first-order valence-electron chi connectivity index (χ1n) is 5.57. The Bertz CT molecular complexity index is 676. The number of benzene rings is 2. The van der Waals surface area contributed by atoms with Gasteiger partial charge in [-0.2, -0.15) is 5.10 Å². The molecule has 20 heavy (non-hydrogen) atoms. The Hall–Kier alpha value is -2.47. The van der Waals surface area contributed by atoms with Gasteiger partial charge in [-0.25, -0.2) is 4.39 Å². The van der Waals surface area contributed by atoms with Crippen molar-refractivity contribution in [2.24, 2.45) is 5.10 Å². The standard InChI is InChI=1S/C13H9ClFN3O2/c14-13(9-5-1-2-6-10(9)15)17-16-11-7-3-4-8-12(11)18(19)20/h1-8,16H/b17-13+. The second kappa shape index (κ2) is 6.12. The molecule has 7 heteroatoms. The van der Waals surface area contributed by atoms with Crippen LogP contribution >= 0.6 is 11.6 Å². The van der Waals surface area contributed by atoms with E-state index >= 15 is 0 Å². The van der Waals surface area contributed by atoms with Crippen LogP contribution in [0.5, 0.6) is 0 Å².